The fourth-order valence-corrected chi connectivity index (χ4v) is 0.385. The molecule has 4 nitrogen and oxygen atoms in total. The van der Waals surface area contributed by atoms with Crippen molar-refractivity contribution < 1.29 is 19.0 Å². The Balaban J connectivity index is 0. The number of methoxy groups -OCH3 is 3. The van der Waals surface area contributed by atoms with Crippen molar-refractivity contribution in [3.8, 4) is 0 Å². The number of ether oxygens (including phenoxy) is 3. The summed E-state index contributed by atoms with van der Waals surface area (Å²) in [5.41, 5.74) is 0. The Labute approximate surface area is 72.0 Å². The van der Waals surface area contributed by atoms with Crippen molar-refractivity contribution in [1.29, 1.82) is 0 Å². The zero-order chi connectivity index (χ0) is 7.28. The van der Waals surface area contributed by atoms with Gasteiger partial charge in [-0.15, -0.1) is 0 Å². The van der Waals surface area contributed by atoms with Crippen molar-refractivity contribution >= 4 is 24.8 Å². The van der Waals surface area contributed by atoms with E-state index in [-0.39, 0.29) is 18.9 Å². The third-order valence-corrected chi connectivity index (χ3v) is 0.822. The molecule has 5 heteroatoms. The van der Waals surface area contributed by atoms with E-state index < -0.39 is 12.3 Å². The van der Waals surface area contributed by atoms with Gasteiger partial charge < -0.3 is 14.2 Å². The molecule has 0 aliphatic heterocycles. The van der Waals surface area contributed by atoms with Crippen molar-refractivity contribution in [3.63, 3.8) is 0 Å². The standard InChI is InChI=1S/C5H10O4.Li/c1-7-4(6)5(8-2)9-3;/h5H,1-3H3;. The fourth-order valence-electron chi connectivity index (χ4n) is 0.385. The van der Waals surface area contributed by atoms with Crippen LogP contribution in [-0.2, 0) is 19.0 Å². The van der Waals surface area contributed by atoms with Gasteiger partial charge in [0.2, 0.25) is 0 Å². The van der Waals surface area contributed by atoms with Crippen LogP contribution in [0.25, 0.3) is 0 Å². The number of carbonyl (C=O) groups excluding carboxylic acids is 1. The molecule has 0 unspecified atom stereocenters. The largest absolute Gasteiger partial charge is 0.465 e. The Hall–Kier alpha value is -0.0126. The normalized spacial score (nSPS) is 8.80. The summed E-state index contributed by atoms with van der Waals surface area (Å²) in [6.45, 7) is 0. The molecule has 55 valence electrons. The summed E-state index contributed by atoms with van der Waals surface area (Å²) >= 11 is 0. The van der Waals surface area contributed by atoms with Crippen LogP contribution in [0.3, 0.4) is 0 Å². The van der Waals surface area contributed by atoms with Crippen molar-refractivity contribution in [2.24, 2.45) is 0 Å². The Morgan fingerprint density at radius 3 is 1.70 bits per heavy atom. The molecular weight excluding hydrogens is 131 g/mol. The minimum Gasteiger partial charge on any atom is -0.465 e. The maximum absolute atomic E-state index is 10.5. The maximum atomic E-state index is 10.5. The first-order chi connectivity index (χ1) is 4.26. The van der Waals surface area contributed by atoms with Crippen LogP contribution in [-0.4, -0.2) is 52.4 Å². The molecule has 10 heavy (non-hydrogen) atoms. The van der Waals surface area contributed by atoms with Crippen LogP contribution in [0, 0.1) is 0 Å². The first-order valence-corrected chi connectivity index (χ1v) is 2.39. The molecule has 0 aliphatic rings. The number of esters is 1. The molecule has 0 amide bonds. The van der Waals surface area contributed by atoms with Gasteiger partial charge in [0.1, 0.15) is 0 Å². The van der Waals surface area contributed by atoms with Crippen LogP contribution in [0.1, 0.15) is 0 Å². The summed E-state index contributed by atoms with van der Waals surface area (Å²) in [4.78, 5) is 10.5. The predicted molar refractivity (Wildman–Crippen MR) is 35.6 cm³/mol. The molecular formula is C5H10LiO4. The number of carbonyl (C=O) groups is 1. The summed E-state index contributed by atoms with van der Waals surface area (Å²) in [5.74, 6) is -0.528. The Morgan fingerprint density at radius 1 is 1.20 bits per heavy atom. The monoisotopic (exact) mass is 141 g/mol. The molecule has 0 spiro atoms. The van der Waals surface area contributed by atoms with E-state index in [9.17, 15) is 4.79 Å². The summed E-state index contributed by atoms with van der Waals surface area (Å²) in [6, 6.07) is 0. The minimum absolute atomic E-state index is 0. The third-order valence-electron chi connectivity index (χ3n) is 0.822. The van der Waals surface area contributed by atoms with Crippen LogP contribution in [0.5, 0.6) is 0 Å². The molecule has 0 saturated heterocycles. The molecule has 0 aliphatic carbocycles. The van der Waals surface area contributed by atoms with E-state index in [4.69, 9.17) is 0 Å². The van der Waals surface area contributed by atoms with Gasteiger partial charge >= 0.3 is 5.97 Å². The van der Waals surface area contributed by atoms with Crippen molar-refractivity contribution in [3.05, 3.63) is 0 Å². The summed E-state index contributed by atoms with van der Waals surface area (Å²) in [7, 11) is 4.00. The van der Waals surface area contributed by atoms with E-state index >= 15 is 0 Å². The van der Waals surface area contributed by atoms with E-state index in [2.05, 4.69) is 14.2 Å². The summed E-state index contributed by atoms with van der Waals surface area (Å²) < 4.78 is 13.4. The second-order valence-corrected chi connectivity index (χ2v) is 1.33. The van der Waals surface area contributed by atoms with E-state index in [1.54, 1.807) is 0 Å². The number of rotatable bonds is 3. The van der Waals surface area contributed by atoms with Crippen LogP contribution in [0.2, 0.25) is 0 Å². The quantitative estimate of drug-likeness (QED) is 0.299. The SMILES string of the molecule is COC(=O)C(OC)OC.[Li]. The van der Waals surface area contributed by atoms with Gasteiger partial charge in [0.05, 0.1) is 7.11 Å². The average molecular weight is 141 g/mol. The van der Waals surface area contributed by atoms with Gasteiger partial charge in [-0.1, -0.05) is 0 Å². The molecule has 0 N–H and O–H groups in total. The zero-order valence-electron chi connectivity index (χ0n) is 6.71. The third kappa shape index (κ3) is 3.91. The minimum atomic E-state index is -0.894. The predicted octanol–water partition coefficient (Wildman–Crippen LogP) is -0.603. The molecule has 0 bridgehead atoms. The Kier molecular flexibility index (Phi) is 8.98. The molecule has 0 rings (SSSR count). The van der Waals surface area contributed by atoms with Gasteiger partial charge in [-0.2, -0.15) is 0 Å². The molecule has 0 atom stereocenters. The van der Waals surface area contributed by atoms with Gasteiger partial charge in [0.25, 0.3) is 6.29 Å². The molecule has 0 fully saturated rings. The Morgan fingerprint density at radius 2 is 1.60 bits per heavy atom. The van der Waals surface area contributed by atoms with E-state index in [0.717, 1.165) is 0 Å². The van der Waals surface area contributed by atoms with Gasteiger partial charge in [-0.3, -0.25) is 0 Å². The van der Waals surface area contributed by atoms with Crippen LogP contribution in [0.15, 0.2) is 0 Å². The maximum Gasteiger partial charge on any atom is 0.363 e. The molecule has 0 aromatic rings. The van der Waals surface area contributed by atoms with Crippen molar-refractivity contribution in [2.75, 3.05) is 21.3 Å². The average Bonchev–Trinajstić information content (AvgIpc) is 1.90. The van der Waals surface area contributed by atoms with Crippen LogP contribution < -0.4 is 0 Å². The first kappa shape index (κ1) is 12.6. The van der Waals surface area contributed by atoms with Crippen molar-refractivity contribution in [2.45, 2.75) is 6.29 Å². The fraction of sp³-hybridized carbons (Fsp3) is 0.800. The van der Waals surface area contributed by atoms with Crippen LogP contribution >= 0.6 is 0 Å². The van der Waals surface area contributed by atoms with E-state index in [0.29, 0.717) is 0 Å². The number of hydrogen-bond acceptors (Lipinski definition) is 4. The second kappa shape index (κ2) is 7.10. The zero-order valence-corrected chi connectivity index (χ0v) is 6.71. The van der Waals surface area contributed by atoms with E-state index in [1.807, 2.05) is 0 Å². The van der Waals surface area contributed by atoms with Crippen LogP contribution in [0.4, 0.5) is 0 Å². The second-order valence-electron chi connectivity index (χ2n) is 1.33. The molecule has 0 aromatic carbocycles. The topological polar surface area (TPSA) is 44.8 Å². The first-order valence-electron chi connectivity index (χ1n) is 2.39. The van der Waals surface area contributed by atoms with E-state index in [1.165, 1.54) is 21.3 Å². The van der Waals surface area contributed by atoms with Crippen molar-refractivity contribution in [1.82, 2.24) is 0 Å². The molecule has 0 aromatic heterocycles. The smallest absolute Gasteiger partial charge is 0.363 e. The molecule has 0 heterocycles. The number of hydrogen-bond donors (Lipinski definition) is 0. The molecule has 1 radical (unpaired) electrons. The summed E-state index contributed by atoms with van der Waals surface area (Å²) in [6.07, 6.45) is -0.894. The van der Waals surface area contributed by atoms with Gasteiger partial charge in [0, 0.05) is 33.1 Å². The summed E-state index contributed by atoms with van der Waals surface area (Å²) in [5, 5.41) is 0. The molecule has 0 saturated carbocycles. The van der Waals surface area contributed by atoms with Gasteiger partial charge in [-0.05, 0) is 0 Å². The van der Waals surface area contributed by atoms with Gasteiger partial charge in [0.15, 0.2) is 0 Å². The van der Waals surface area contributed by atoms with Gasteiger partial charge in [-0.25, -0.2) is 4.79 Å². The Bertz CT molecular complexity index is 91.6.